The lowest BCUT2D eigenvalue weighted by Crippen LogP contribution is -2.29. The second-order valence-electron chi connectivity index (χ2n) is 6.52. The van der Waals surface area contributed by atoms with Crippen LogP contribution in [0.1, 0.15) is 41.7 Å². The Hall–Kier alpha value is -1.74. The average Bonchev–Trinajstić information content (AvgIpc) is 3.37. The van der Waals surface area contributed by atoms with Crippen molar-refractivity contribution in [3.63, 3.8) is 0 Å². The van der Waals surface area contributed by atoms with Crippen molar-refractivity contribution in [3.8, 4) is 0 Å². The molecule has 150 valence electrons. The number of sulfonamides is 1. The van der Waals surface area contributed by atoms with Gasteiger partial charge in [-0.3, -0.25) is 4.79 Å². The van der Waals surface area contributed by atoms with Crippen molar-refractivity contribution in [1.82, 2.24) is 10.0 Å². The van der Waals surface area contributed by atoms with Crippen molar-refractivity contribution in [2.24, 2.45) is 0 Å². The van der Waals surface area contributed by atoms with Crippen LogP contribution in [0.3, 0.4) is 0 Å². The van der Waals surface area contributed by atoms with E-state index in [9.17, 15) is 22.0 Å². The summed E-state index contributed by atoms with van der Waals surface area (Å²) in [6, 6.07) is 4.29. The molecule has 1 saturated carbocycles. The largest absolute Gasteiger partial charge is 0.345 e. The monoisotopic (exact) mass is 448 g/mol. The normalized spacial score (nSPS) is 15.3. The molecule has 2 aromatic rings. The van der Waals surface area contributed by atoms with Crippen LogP contribution in [0.5, 0.6) is 0 Å². The molecular weight excluding hydrogens is 433 g/mol. The first-order valence-corrected chi connectivity index (χ1v) is 10.6. The summed E-state index contributed by atoms with van der Waals surface area (Å²) in [4.78, 5) is 12.3. The Balaban J connectivity index is 1.87. The zero-order valence-corrected chi connectivity index (χ0v) is 16.9. The van der Waals surface area contributed by atoms with Crippen molar-refractivity contribution in [3.05, 3.63) is 63.1 Å². The van der Waals surface area contributed by atoms with Gasteiger partial charge in [0.25, 0.3) is 5.91 Å². The summed E-state index contributed by atoms with van der Waals surface area (Å²) in [5.74, 6) is -2.27. The van der Waals surface area contributed by atoms with E-state index >= 15 is 0 Å². The molecule has 0 saturated heterocycles. The molecule has 1 atom stereocenters. The van der Waals surface area contributed by atoms with Crippen LogP contribution < -0.4 is 10.0 Å². The van der Waals surface area contributed by atoms with Crippen LogP contribution in [0.15, 0.2) is 35.2 Å². The average molecular weight is 449 g/mol. The third-order valence-corrected chi connectivity index (χ3v) is 6.53. The quantitative estimate of drug-likeness (QED) is 0.694. The third-order valence-electron chi connectivity index (χ3n) is 4.23. The van der Waals surface area contributed by atoms with Crippen LogP contribution in [-0.4, -0.2) is 20.4 Å². The molecule has 1 aliphatic carbocycles. The Labute approximate surface area is 171 Å². The number of nitrogens with one attached hydrogen (secondary N) is 2. The fraction of sp³-hybridized carbons (Fsp3) is 0.278. The minimum atomic E-state index is -3.91. The molecule has 2 aromatic carbocycles. The van der Waals surface area contributed by atoms with Gasteiger partial charge in [0.1, 0.15) is 16.5 Å². The number of halogens is 4. The minimum absolute atomic E-state index is 0.0559. The van der Waals surface area contributed by atoms with Gasteiger partial charge in [0.2, 0.25) is 10.0 Å². The van der Waals surface area contributed by atoms with Gasteiger partial charge in [0.05, 0.1) is 21.7 Å². The predicted octanol–water partition coefficient (Wildman–Crippen LogP) is 4.20. The first kappa shape index (κ1) is 21.0. The second kappa shape index (κ2) is 7.94. The van der Waals surface area contributed by atoms with Gasteiger partial charge < -0.3 is 5.32 Å². The van der Waals surface area contributed by atoms with Crippen molar-refractivity contribution in [2.45, 2.75) is 36.7 Å². The molecule has 3 rings (SSSR count). The van der Waals surface area contributed by atoms with E-state index in [4.69, 9.17) is 23.2 Å². The van der Waals surface area contributed by atoms with E-state index in [1.807, 2.05) is 0 Å². The maximum Gasteiger partial charge on any atom is 0.253 e. The molecule has 5 nitrogen and oxygen atoms in total. The van der Waals surface area contributed by atoms with Crippen LogP contribution in [0.2, 0.25) is 10.0 Å². The lowest BCUT2D eigenvalue weighted by Gasteiger charge is -2.17. The fourth-order valence-corrected chi connectivity index (χ4v) is 4.76. The molecule has 0 aromatic heterocycles. The van der Waals surface area contributed by atoms with Crippen molar-refractivity contribution in [1.29, 1.82) is 0 Å². The molecule has 0 aliphatic heterocycles. The minimum Gasteiger partial charge on any atom is -0.345 e. The molecule has 28 heavy (non-hydrogen) atoms. The van der Waals surface area contributed by atoms with Gasteiger partial charge in [-0.05, 0) is 38.0 Å². The number of hydrogen-bond donors (Lipinski definition) is 2. The van der Waals surface area contributed by atoms with Gasteiger partial charge in [-0.2, -0.15) is 0 Å². The Morgan fingerprint density at radius 2 is 1.82 bits per heavy atom. The molecule has 0 bridgehead atoms. The van der Waals surface area contributed by atoms with E-state index in [2.05, 4.69) is 10.0 Å². The van der Waals surface area contributed by atoms with E-state index in [0.717, 1.165) is 25.0 Å². The lowest BCUT2D eigenvalue weighted by molar-refractivity contribution is 0.0939. The highest BCUT2D eigenvalue weighted by atomic mass is 35.5. The van der Waals surface area contributed by atoms with Crippen molar-refractivity contribution >= 4 is 39.1 Å². The zero-order chi connectivity index (χ0) is 20.6. The number of rotatable bonds is 6. The molecule has 0 radical (unpaired) electrons. The van der Waals surface area contributed by atoms with Crippen LogP contribution in [0, 0.1) is 11.6 Å². The maximum absolute atomic E-state index is 13.9. The van der Waals surface area contributed by atoms with E-state index in [1.54, 1.807) is 0 Å². The summed E-state index contributed by atoms with van der Waals surface area (Å²) in [6.45, 7) is 1.50. The van der Waals surface area contributed by atoms with Crippen LogP contribution >= 0.6 is 23.2 Å². The van der Waals surface area contributed by atoms with Gasteiger partial charge >= 0.3 is 0 Å². The first-order valence-electron chi connectivity index (χ1n) is 8.35. The Morgan fingerprint density at radius 3 is 2.43 bits per heavy atom. The van der Waals surface area contributed by atoms with E-state index in [-0.39, 0.29) is 32.1 Å². The number of amides is 1. The first-order chi connectivity index (χ1) is 13.1. The molecule has 1 fully saturated rings. The Bertz CT molecular complexity index is 1040. The molecule has 0 heterocycles. The molecular formula is C18H16Cl2F2N2O3S. The van der Waals surface area contributed by atoms with Gasteiger partial charge in [0.15, 0.2) is 0 Å². The highest BCUT2D eigenvalue weighted by Crippen LogP contribution is 2.31. The van der Waals surface area contributed by atoms with Gasteiger partial charge in [-0.15, -0.1) is 0 Å². The molecule has 1 unspecified atom stereocenters. The molecule has 0 spiro atoms. The van der Waals surface area contributed by atoms with Crippen molar-refractivity contribution < 1.29 is 22.0 Å². The van der Waals surface area contributed by atoms with Gasteiger partial charge in [-0.1, -0.05) is 29.3 Å². The Morgan fingerprint density at radius 1 is 1.14 bits per heavy atom. The summed E-state index contributed by atoms with van der Waals surface area (Å²) >= 11 is 12.1. The van der Waals surface area contributed by atoms with Crippen molar-refractivity contribution in [2.75, 3.05) is 0 Å². The number of hydrogen-bond acceptors (Lipinski definition) is 3. The van der Waals surface area contributed by atoms with Crippen LogP contribution in [-0.2, 0) is 10.0 Å². The lowest BCUT2D eigenvalue weighted by atomic mass is 10.1. The SMILES string of the molecule is CC(NC(=O)c1cc(S(=O)(=O)NC2CC2)c(Cl)cc1Cl)c1ccc(F)cc1F. The highest BCUT2D eigenvalue weighted by Gasteiger charge is 2.30. The smallest absolute Gasteiger partial charge is 0.253 e. The summed E-state index contributed by atoms with van der Waals surface area (Å²) in [7, 11) is -3.91. The standard InChI is InChI=1S/C18H16Cl2F2N2O3S/c1-9(12-5-2-10(21)6-16(12)22)23-18(25)13-7-17(15(20)8-14(13)19)28(26,27)24-11-3-4-11/h2,5-9,11,24H,3-4H2,1H3,(H,23,25). The number of benzene rings is 2. The molecule has 2 N–H and O–H groups in total. The summed E-state index contributed by atoms with van der Waals surface area (Å²) in [6.07, 6.45) is 1.47. The Kier molecular flexibility index (Phi) is 5.95. The second-order valence-corrected chi connectivity index (χ2v) is 9.02. The summed E-state index contributed by atoms with van der Waals surface area (Å²) < 4.78 is 54.4. The molecule has 1 amide bonds. The van der Waals surface area contributed by atoms with Crippen LogP contribution in [0.25, 0.3) is 0 Å². The summed E-state index contributed by atoms with van der Waals surface area (Å²) in [5.41, 5.74) is -0.0558. The molecule has 10 heteroatoms. The number of carbonyl (C=O) groups excluding carboxylic acids is 1. The number of carbonyl (C=O) groups is 1. The zero-order valence-electron chi connectivity index (χ0n) is 14.6. The van der Waals surface area contributed by atoms with E-state index in [1.165, 1.54) is 19.1 Å². The van der Waals surface area contributed by atoms with Crippen LogP contribution in [0.4, 0.5) is 8.78 Å². The van der Waals surface area contributed by atoms with Gasteiger partial charge in [0, 0.05) is 17.7 Å². The topological polar surface area (TPSA) is 75.3 Å². The fourth-order valence-electron chi connectivity index (χ4n) is 2.60. The van der Waals surface area contributed by atoms with E-state index in [0.29, 0.717) is 6.07 Å². The molecule has 1 aliphatic rings. The summed E-state index contributed by atoms with van der Waals surface area (Å²) in [5, 5.41) is 2.35. The highest BCUT2D eigenvalue weighted by molar-refractivity contribution is 7.89. The van der Waals surface area contributed by atoms with Gasteiger partial charge in [-0.25, -0.2) is 21.9 Å². The maximum atomic E-state index is 13.9. The third kappa shape index (κ3) is 4.63. The van der Waals surface area contributed by atoms with E-state index < -0.39 is 33.6 Å². The predicted molar refractivity (Wildman–Crippen MR) is 102 cm³/mol.